The largest absolute Gasteiger partial charge is 0.494 e. The standard InChI is InChI=1S/C19H22N2O3/c1-2-23-15-9-11-17(12-10-15)24-16-7-5-14(6-8-16)21-19(22)18-4-3-13-20-18/h5-12,18,20H,2-4,13H2,1H3,(H,21,22)/t18-/m0/s1. The molecule has 5 heteroatoms. The molecule has 1 aliphatic rings. The highest BCUT2D eigenvalue weighted by Crippen LogP contribution is 2.25. The lowest BCUT2D eigenvalue weighted by Crippen LogP contribution is -2.35. The lowest BCUT2D eigenvalue weighted by Gasteiger charge is -2.12. The van der Waals surface area contributed by atoms with E-state index in [-0.39, 0.29) is 11.9 Å². The molecule has 126 valence electrons. The van der Waals surface area contributed by atoms with Crippen LogP contribution in [-0.4, -0.2) is 25.1 Å². The topological polar surface area (TPSA) is 59.6 Å². The summed E-state index contributed by atoms with van der Waals surface area (Å²) >= 11 is 0. The number of anilines is 1. The van der Waals surface area contributed by atoms with E-state index in [9.17, 15) is 4.79 Å². The van der Waals surface area contributed by atoms with Gasteiger partial charge in [0.15, 0.2) is 0 Å². The number of amides is 1. The van der Waals surface area contributed by atoms with Crippen LogP contribution >= 0.6 is 0 Å². The predicted octanol–water partition coefficient (Wildman–Crippen LogP) is 3.57. The second kappa shape index (κ2) is 7.84. The fourth-order valence-electron chi connectivity index (χ4n) is 2.65. The summed E-state index contributed by atoms with van der Waals surface area (Å²) in [5.74, 6) is 2.30. The Hall–Kier alpha value is -2.53. The summed E-state index contributed by atoms with van der Waals surface area (Å²) < 4.78 is 11.2. The van der Waals surface area contributed by atoms with Crippen molar-refractivity contribution in [3.05, 3.63) is 48.5 Å². The van der Waals surface area contributed by atoms with Gasteiger partial charge in [-0.1, -0.05) is 0 Å². The summed E-state index contributed by atoms with van der Waals surface area (Å²) in [6, 6.07) is 14.8. The van der Waals surface area contributed by atoms with Crippen LogP contribution in [0.3, 0.4) is 0 Å². The Bertz CT molecular complexity index is 662. The van der Waals surface area contributed by atoms with Gasteiger partial charge in [0, 0.05) is 5.69 Å². The monoisotopic (exact) mass is 326 g/mol. The fourth-order valence-corrected chi connectivity index (χ4v) is 2.65. The normalized spacial score (nSPS) is 16.6. The van der Waals surface area contributed by atoms with Crippen molar-refractivity contribution in [1.82, 2.24) is 5.32 Å². The molecule has 1 fully saturated rings. The van der Waals surface area contributed by atoms with Crippen LogP contribution in [-0.2, 0) is 4.79 Å². The Balaban J connectivity index is 1.56. The number of ether oxygens (including phenoxy) is 2. The van der Waals surface area contributed by atoms with E-state index >= 15 is 0 Å². The van der Waals surface area contributed by atoms with Gasteiger partial charge in [0.2, 0.25) is 5.91 Å². The lowest BCUT2D eigenvalue weighted by atomic mass is 10.2. The summed E-state index contributed by atoms with van der Waals surface area (Å²) in [6.07, 6.45) is 1.94. The molecule has 5 nitrogen and oxygen atoms in total. The first kappa shape index (κ1) is 16.3. The van der Waals surface area contributed by atoms with Crippen LogP contribution in [0.2, 0.25) is 0 Å². The lowest BCUT2D eigenvalue weighted by molar-refractivity contribution is -0.117. The molecule has 2 aromatic rings. The van der Waals surface area contributed by atoms with Gasteiger partial charge < -0.3 is 20.1 Å². The van der Waals surface area contributed by atoms with Crippen molar-refractivity contribution in [2.24, 2.45) is 0 Å². The molecule has 24 heavy (non-hydrogen) atoms. The third-order valence-electron chi connectivity index (χ3n) is 3.87. The Morgan fingerprint density at radius 3 is 2.29 bits per heavy atom. The van der Waals surface area contributed by atoms with E-state index in [1.165, 1.54) is 0 Å². The molecule has 2 aromatic carbocycles. The molecule has 0 spiro atoms. The van der Waals surface area contributed by atoms with Crippen LogP contribution in [0.1, 0.15) is 19.8 Å². The minimum absolute atomic E-state index is 0.0210. The quantitative estimate of drug-likeness (QED) is 0.852. The molecule has 1 aliphatic heterocycles. The number of hydrogen-bond donors (Lipinski definition) is 2. The molecule has 2 N–H and O–H groups in total. The predicted molar refractivity (Wildman–Crippen MR) is 93.8 cm³/mol. The van der Waals surface area contributed by atoms with Crippen molar-refractivity contribution in [1.29, 1.82) is 0 Å². The van der Waals surface area contributed by atoms with E-state index in [0.717, 1.165) is 42.3 Å². The molecule has 1 heterocycles. The maximum Gasteiger partial charge on any atom is 0.241 e. The molecule has 0 unspecified atom stereocenters. The molecule has 0 saturated carbocycles. The van der Waals surface area contributed by atoms with Gasteiger partial charge >= 0.3 is 0 Å². The van der Waals surface area contributed by atoms with Crippen molar-refractivity contribution in [3.63, 3.8) is 0 Å². The van der Waals surface area contributed by atoms with Crippen molar-refractivity contribution in [2.45, 2.75) is 25.8 Å². The van der Waals surface area contributed by atoms with E-state index in [0.29, 0.717) is 6.61 Å². The highest BCUT2D eigenvalue weighted by molar-refractivity contribution is 5.95. The Labute approximate surface area is 142 Å². The summed E-state index contributed by atoms with van der Waals surface area (Å²) in [7, 11) is 0. The number of rotatable bonds is 6. The van der Waals surface area contributed by atoms with Gasteiger partial charge in [-0.2, -0.15) is 0 Å². The SMILES string of the molecule is CCOc1ccc(Oc2ccc(NC(=O)[C@@H]3CCCN3)cc2)cc1. The van der Waals surface area contributed by atoms with Gasteiger partial charge in [-0.3, -0.25) is 4.79 Å². The van der Waals surface area contributed by atoms with E-state index < -0.39 is 0 Å². The Morgan fingerprint density at radius 1 is 1.08 bits per heavy atom. The van der Waals surface area contributed by atoms with E-state index in [1.807, 2.05) is 55.5 Å². The first-order valence-electron chi connectivity index (χ1n) is 8.29. The third kappa shape index (κ3) is 4.26. The average molecular weight is 326 g/mol. The van der Waals surface area contributed by atoms with E-state index in [2.05, 4.69) is 10.6 Å². The van der Waals surface area contributed by atoms with Crippen molar-refractivity contribution < 1.29 is 14.3 Å². The molecule has 0 aliphatic carbocycles. The van der Waals surface area contributed by atoms with Crippen molar-refractivity contribution >= 4 is 11.6 Å². The smallest absolute Gasteiger partial charge is 0.241 e. The van der Waals surface area contributed by atoms with Gasteiger partial charge in [0.25, 0.3) is 0 Å². The zero-order chi connectivity index (χ0) is 16.8. The van der Waals surface area contributed by atoms with E-state index in [1.54, 1.807) is 0 Å². The van der Waals surface area contributed by atoms with Crippen LogP contribution in [0.5, 0.6) is 17.2 Å². The first-order valence-corrected chi connectivity index (χ1v) is 8.29. The molecule has 0 aromatic heterocycles. The van der Waals surface area contributed by atoms with Crippen LogP contribution in [0, 0.1) is 0 Å². The van der Waals surface area contributed by atoms with Gasteiger partial charge in [-0.25, -0.2) is 0 Å². The minimum Gasteiger partial charge on any atom is -0.494 e. The molecule has 0 radical (unpaired) electrons. The van der Waals surface area contributed by atoms with Gasteiger partial charge in [0.1, 0.15) is 17.2 Å². The van der Waals surface area contributed by atoms with Gasteiger partial charge in [-0.05, 0) is 74.8 Å². The second-order valence-electron chi connectivity index (χ2n) is 5.67. The highest BCUT2D eigenvalue weighted by atomic mass is 16.5. The zero-order valence-electron chi connectivity index (χ0n) is 13.7. The number of carbonyl (C=O) groups excluding carboxylic acids is 1. The summed E-state index contributed by atoms with van der Waals surface area (Å²) in [4.78, 5) is 12.1. The number of hydrogen-bond acceptors (Lipinski definition) is 4. The Kier molecular flexibility index (Phi) is 5.33. The maximum atomic E-state index is 12.1. The molecular weight excluding hydrogens is 304 g/mol. The molecule has 1 amide bonds. The van der Waals surface area contributed by atoms with E-state index in [4.69, 9.17) is 9.47 Å². The van der Waals surface area contributed by atoms with Gasteiger partial charge in [0.05, 0.1) is 12.6 Å². The first-order chi connectivity index (χ1) is 11.7. The maximum absolute atomic E-state index is 12.1. The van der Waals surface area contributed by atoms with Crippen LogP contribution < -0.4 is 20.1 Å². The molecule has 3 rings (SSSR count). The second-order valence-corrected chi connectivity index (χ2v) is 5.67. The van der Waals surface area contributed by atoms with Crippen molar-refractivity contribution in [2.75, 3.05) is 18.5 Å². The minimum atomic E-state index is -0.0789. The number of benzene rings is 2. The fraction of sp³-hybridized carbons (Fsp3) is 0.316. The number of carbonyl (C=O) groups is 1. The van der Waals surface area contributed by atoms with Crippen molar-refractivity contribution in [3.8, 4) is 17.2 Å². The molecule has 0 bridgehead atoms. The zero-order valence-corrected chi connectivity index (χ0v) is 13.7. The third-order valence-corrected chi connectivity index (χ3v) is 3.87. The van der Waals surface area contributed by atoms with Gasteiger partial charge in [-0.15, -0.1) is 0 Å². The van der Waals surface area contributed by atoms with Crippen LogP contribution in [0.4, 0.5) is 5.69 Å². The Morgan fingerprint density at radius 2 is 1.71 bits per heavy atom. The summed E-state index contributed by atoms with van der Waals surface area (Å²) in [5, 5.41) is 6.11. The molecule has 1 saturated heterocycles. The van der Waals surface area contributed by atoms with Crippen LogP contribution in [0.25, 0.3) is 0 Å². The number of nitrogens with one attached hydrogen (secondary N) is 2. The van der Waals surface area contributed by atoms with Crippen LogP contribution in [0.15, 0.2) is 48.5 Å². The molecule has 1 atom stereocenters. The summed E-state index contributed by atoms with van der Waals surface area (Å²) in [5.41, 5.74) is 0.771. The molecular formula is C19H22N2O3. The highest BCUT2D eigenvalue weighted by Gasteiger charge is 2.21. The average Bonchev–Trinajstić information content (AvgIpc) is 3.13. The summed E-state index contributed by atoms with van der Waals surface area (Å²) in [6.45, 7) is 3.50.